The van der Waals surface area contributed by atoms with Gasteiger partial charge in [-0.05, 0) is 75.4 Å². The predicted molar refractivity (Wildman–Crippen MR) is 186 cm³/mol. The number of alkyl halides is 3. The summed E-state index contributed by atoms with van der Waals surface area (Å²) in [6, 6.07) is 14.1. The second-order valence-electron chi connectivity index (χ2n) is 11.7. The van der Waals surface area contributed by atoms with E-state index in [1.54, 1.807) is 18.2 Å². The Balaban J connectivity index is 1.82. The Morgan fingerprint density at radius 1 is 0.894 bits per heavy atom. The van der Waals surface area contributed by atoms with Gasteiger partial charge in [0.05, 0.1) is 18.2 Å². The van der Waals surface area contributed by atoms with E-state index < -0.39 is 11.7 Å². The summed E-state index contributed by atoms with van der Waals surface area (Å²) in [4.78, 5) is 19.7. The van der Waals surface area contributed by atoms with Gasteiger partial charge in [0.2, 0.25) is 0 Å². The molecule has 0 spiro atoms. The number of esters is 1. The van der Waals surface area contributed by atoms with Gasteiger partial charge in [-0.2, -0.15) is 13.2 Å². The molecule has 1 aliphatic heterocycles. The summed E-state index contributed by atoms with van der Waals surface area (Å²) in [6.07, 6.45) is 9.28. The number of ether oxygens (including phenoxy) is 1. The summed E-state index contributed by atoms with van der Waals surface area (Å²) in [7, 11) is 1.40. The number of allylic oxidation sites excluding steroid dienone is 5. The molecule has 8 heteroatoms. The summed E-state index contributed by atoms with van der Waals surface area (Å²) >= 11 is 0. The maximum Gasteiger partial charge on any atom is 0.416 e. The molecule has 0 aliphatic carbocycles. The topological polar surface area (TPSA) is 36.0 Å². The third-order valence-corrected chi connectivity index (χ3v) is 8.32. The zero-order valence-electron chi connectivity index (χ0n) is 28.7. The molecular weight excluding hydrogens is 599 g/mol. The summed E-state index contributed by atoms with van der Waals surface area (Å²) in [5, 5.41) is 0. The van der Waals surface area contributed by atoms with E-state index in [0.29, 0.717) is 12.1 Å². The number of hydrogen-bond acceptors (Lipinski definition) is 5. The maximum atomic E-state index is 13.0. The number of rotatable bonds is 14. The van der Waals surface area contributed by atoms with E-state index in [9.17, 15) is 18.0 Å². The van der Waals surface area contributed by atoms with Crippen molar-refractivity contribution in [1.29, 1.82) is 0 Å². The van der Waals surface area contributed by atoms with Crippen LogP contribution in [0.4, 0.5) is 13.2 Å². The number of halogens is 3. The van der Waals surface area contributed by atoms with Gasteiger partial charge in [-0.15, -0.1) is 0 Å². The molecule has 2 aromatic carbocycles. The first-order valence-corrected chi connectivity index (χ1v) is 16.4. The average Bonchev–Trinajstić information content (AvgIpc) is 3.06. The van der Waals surface area contributed by atoms with Crippen LogP contribution in [0.5, 0.6) is 0 Å². The van der Waals surface area contributed by atoms with E-state index in [1.807, 2.05) is 26.0 Å². The second-order valence-corrected chi connectivity index (χ2v) is 11.7. The van der Waals surface area contributed by atoms with Crippen LogP contribution in [0.15, 0.2) is 108 Å². The van der Waals surface area contributed by atoms with Crippen molar-refractivity contribution in [3.63, 3.8) is 0 Å². The van der Waals surface area contributed by atoms with Crippen molar-refractivity contribution in [2.24, 2.45) is 0 Å². The van der Waals surface area contributed by atoms with Crippen molar-refractivity contribution in [1.82, 2.24) is 14.7 Å². The quantitative estimate of drug-likeness (QED) is 0.117. The second kappa shape index (κ2) is 18.5. The summed E-state index contributed by atoms with van der Waals surface area (Å²) in [5.41, 5.74) is 6.38. The van der Waals surface area contributed by atoms with Crippen molar-refractivity contribution < 1.29 is 22.7 Å². The van der Waals surface area contributed by atoms with Gasteiger partial charge in [-0.1, -0.05) is 79.3 Å². The van der Waals surface area contributed by atoms with Crippen LogP contribution < -0.4 is 0 Å². The molecule has 254 valence electrons. The first kappa shape index (κ1) is 37.6. The van der Waals surface area contributed by atoms with Gasteiger partial charge >= 0.3 is 12.1 Å². The van der Waals surface area contributed by atoms with Crippen LogP contribution in [0.3, 0.4) is 0 Å². The zero-order chi connectivity index (χ0) is 34.4. The SMILES string of the molecule is C\C=C/C(=C\C(=C\CC)C(=C/C)\N(CCc1ccc(C)cc1)/C(=C\C)CN1CCN(Cc2ccc(C(F)(F)F)cc2)CC1)C(=O)OC. The largest absolute Gasteiger partial charge is 0.465 e. The highest BCUT2D eigenvalue weighted by Crippen LogP contribution is 2.30. The van der Waals surface area contributed by atoms with Gasteiger partial charge in [-0.3, -0.25) is 9.80 Å². The minimum atomic E-state index is -4.32. The van der Waals surface area contributed by atoms with Crippen LogP contribution in [0.1, 0.15) is 56.4 Å². The molecule has 0 atom stereocenters. The first-order chi connectivity index (χ1) is 22.5. The molecule has 0 aromatic heterocycles. The number of nitrogens with zero attached hydrogens (tertiary/aromatic N) is 3. The molecule has 5 nitrogen and oxygen atoms in total. The number of piperazine rings is 1. The third kappa shape index (κ3) is 11.4. The normalized spacial score (nSPS) is 16.2. The van der Waals surface area contributed by atoms with Crippen LogP contribution in [0.25, 0.3) is 0 Å². The molecule has 1 aliphatic rings. The number of hydrogen-bond donors (Lipinski definition) is 0. The number of aryl methyl sites for hydroxylation is 1. The Labute approximate surface area is 279 Å². The van der Waals surface area contributed by atoms with Gasteiger partial charge in [-0.25, -0.2) is 4.79 Å². The zero-order valence-corrected chi connectivity index (χ0v) is 28.7. The van der Waals surface area contributed by atoms with Crippen molar-refractivity contribution in [3.8, 4) is 0 Å². The molecule has 1 heterocycles. The highest BCUT2D eigenvalue weighted by Gasteiger charge is 2.30. The van der Waals surface area contributed by atoms with Crippen molar-refractivity contribution in [2.75, 3.05) is 46.4 Å². The fourth-order valence-corrected chi connectivity index (χ4v) is 5.71. The lowest BCUT2D eigenvalue weighted by molar-refractivity contribution is -0.137. The molecule has 1 saturated heterocycles. The fraction of sp³-hybridized carbons (Fsp3) is 0.410. The predicted octanol–water partition coefficient (Wildman–Crippen LogP) is 8.50. The van der Waals surface area contributed by atoms with Crippen molar-refractivity contribution >= 4 is 5.97 Å². The minimum Gasteiger partial charge on any atom is -0.465 e. The molecule has 0 N–H and O–H groups in total. The van der Waals surface area contributed by atoms with E-state index in [0.717, 1.165) is 81.1 Å². The molecule has 0 unspecified atom stereocenters. The molecule has 1 fully saturated rings. The monoisotopic (exact) mass is 649 g/mol. The molecule has 47 heavy (non-hydrogen) atoms. The fourth-order valence-electron chi connectivity index (χ4n) is 5.71. The van der Waals surface area contributed by atoms with Gasteiger partial charge in [0, 0.05) is 57.2 Å². The van der Waals surface area contributed by atoms with E-state index in [1.165, 1.54) is 23.9 Å². The number of carbonyl (C=O) groups excluding carboxylic acids is 1. The lowest BCUT2D eigenvalue weighted by Crippen LogP contribution is -2.47. The maximum absolute atomic E-state index is 13.0. The Morgan fingerprint density at radius 3 is 2.04 bits per heavy atom. The van der Waals surface area contributed by atoms with E-state index in [2.05, 4.69) is 78.0 Å². The van der Waals surface area contributed by atoms with Gasteiger partial charge in [0.25, 0.3) is 0 Å². The molecule has 3 rings (SSSR count). The summed E-state index contributed by atoms with van der Waals surface area (Å²) in [5.74, 6) is -0.382. The number of carbonyl (C=O) groups is 1. The standard InChI is InChI=1S/C39H50F3N3O2/c1-7-11-33(27-34(12-8-2)38(46)47-6)37(10-4)45(22-21-31-15-13-30(5)14-16-31)36(9-3)29-44-25-23-43(24-26-44)28-32-17-19-35(20-18-32)39(40,41)42/h8-20,27H,7,21-26,28-29H2,1-6H3/b12-8-,33-11-,34-27+,36-9-,37-10+. The lowest BCUT2D eigenvalue weighted by Gasteiger charge is -2.38. The van der Waals surface area contributed by atoms with E-state index in [-0.39, 0.29) is 5.97 Å². The van der Waals surface area contributed by atoms with Crippen LogP contribution in [-0.2, 0) is 28.7 Å². The van der Waals surface area contributed by atoms with E-state index in [4.69, 9.17) is 4.74 Å². The number of methoxy groups -OCH3 is 1. The van der Waals surface area contributed by atoms with Crippen LogP contribution in [0.2, 0.25) is 0 Å². The highest BCUT2D eigenvalue weighted by molar-refractivity contribution is 5.92. The van der Waals surface area contributed by atoms with Crippen molar-refractivity contribution in [2.45, 2.75) is 60.2 Å². The van der Waals surface area contributed by atoms with Gasteiger partial charge < -0.3 is 9.64 Å². The molecule has 0 amide bonds. The third-order valence-electron chi connectivity index (χ3n) is 8.32. The van der Waals surface area contributed by atoms with Crippen LogP contribution >= 0.6 is 0 Å². The van der Waals surface area contributed by atoms with E-state index >= 15 is 0 Å². The molecule has 0 radical (unpaired) electrons. The Bertz CT molecular complexity index is 1440. The Kier molecular flexibility index (Phi) is 14.8. The molecular formula is C39H50F3N3O2. The molecule has 2 aromatic rings. The summed E-state index contributed by atoms with van der Waals surface area (Å²) in [6.45, 7) is 15.6. The molecule has 0 saturated carbocycles. The number of benzene rings is 2. The highest BCUT2D eigenvalue weighted by atomic mass is 19.4. The lowest BCUT2D eigenvalue weighted by atomic mass is 10.0. The van der Waals surface area contributed by atoms with Gasteiger partial charge in [0.15, 0.2) is 0 Å². The average molecular weight is 650 g/mol. The van der Waals surface area contributed by atoms with Gasteiger partial charge in [0.1, 0.15) is 0 Å². The van der Waals surface area contributed by atoms with Crippen LogP contribution in [-0.4, -0.2) is 67.0 Å². The van der Waals surface area contributed by atoms with Crippen LogP contribution in [0, 0.1) is 6.92 Å². The smallest absolute Gasteiger partial charge is 0.416 e. The first-order valence-electron chi connectivity index (χ1n) is 16.4. The molecule has 0 bridgehead atoms. The summed E-state index contributed by atoms with van der Waals surface area (Å²) < 4.78 is 44.1. The Hall–Kier alpha value is -3.88. The van der Waals surface area contributed by atoms with Crippen molar-refractivity contribution in [3.05, 3.63) is 130 Å². The Morgan fingerprint density at radius 2 is 1.51 bits per heavy atom. The minimum absolute atomic E-state index is 0.382.